The van der Waals surface area contributed by atoms with Crippen LogP contribution in [0.3, 0.4) is 0 Å². The van der Waals surface area contributed by atoms with Crippen LogP contribution in [0.1, 0.15) is 26.3 Å². The molecule has 10 heteroatoms. The van der Waals surface area contributed by atoms with E-state index in [0.29, 0.717) is 28.7 Å². The SMILES string of the molecule is COc1cc(C(C)=Nn2c(-c3ccc4c(c3)NC(=O)CO4)csc2=NC(C)C)cc(OC)c1OC. The molecule has 4 rings (SSSR count). The fourth-order valence-corrected chi connectivity index (χ4v) is 4.61. The summed E-state index contributed by atoms with van der Waals surface area (Å²) >= 11 is 1.50. The molecule has 2 heterocycles. The topological polar surface area (TPSA) is 95.7 Å². The Balaban J connectivity index is 1.85. The van der Waals surface area contributed by atoms with Crippen molar-refractivity contribution in [3.05, 3.63) is 46.1 Å². The van der Waals surface area contributed by atoms with Gasteiger partial charge in [0.15, 0.2) is 18.1 Å². The number of hydrogen-bond donors (Lipinski definition) is 1. The van der Waals surface area contributed by atoms with E-state index in [1.807, 2.05) is 61.2 Å². The largest absolute Gasteiger partial charge is 0.493 e. The van der Waals surface area contributed by atoms with Crippen LogP contribution in [0.25, 0.3) is 11.3 Å². The Hall–Kier alpha value is -3.79. The Labute approximate surface area is 207 Å². The molecule has 1 aliphatic rings. The summed E-state index contributed by atoms with van der Waals surface area (Å²) in [7, 11) is 4.73. The average molecular weight is 497 g/mol. The van der Waals surface area contributed by atoms with Crippen molar-refractivity contribution >= 4 is 28.6 Å². The predicted molar refractivity (Wildman–Crippen MR) is 136 cm³/mol. The van der Waals surface area contributed by atoms with E-state index in [2.05, 4.69) is 5.32 Å². The van der Waals surface area contributed by atoms with Gasteiger partial charge in [0, 0.05) is 22.5 Å². The van der Waals surface area contributed by atoms with Gasteiger partial charge < -0.3 is 24.3 Å². The lowest BCUT2D eigenvalue weighted by Gasteiger charge is -2.18. The number of ether oxygens (including phenoxy) is 4. The number of benzene rings is 2. The maximum Gasteiger partial charge on any atom is 0.262 e. The molecular formula is C25H28N4O5S. The molecule has 0 atom stereocenters. The van der Waals surface area contributed by atoms with Crippen molar-refractivity contribution < 1.29 is 23.7 Å². The number of nitrogens with zero attached hydrogens (tertiary/aromatic N) is 3. The summed E-state index contributed by atoms with van der Waals surface area (Å²) in [6.45, 7) is 5.96. The molecule has 0 unspecified atom stereocenters. The molecule has 0 bridgehead atoms. The van der Waals surface area contributed by atoms with Crippen LogP contribution in [-0.4, -0.2) is 50.3 Å². The van der Waals surface area contributed by atoms with E-state index in [-0.39, 0.29) is 18.6 Å². The van der Waals surface area contributed by atoms with Crippen molar-refractivity contribution in [1.29, 1.82) is 0 Å². The zero-order chi connectivity index (χ0) is 25.1. The lowest BCUT2D eigenvalue weighted by molar-refractivity contribution is -0.118. The Bertz CT molecular complexity index is 1330. The van der Waals surface area contributed by atoms with Crippen molar-refractivity contribution in [1.82, 2.24) is 4.68 Å². The van der Waals surface area contributed by atoms with Gasteiger partial charge in [0.25, 0.3) is 5.91 Å². The Kier molecular flexibility index (Phi) is 7.11. The number of carbonyl (C=O) groups excluding carboxylic acids is 1. The van der Waals surface area contributed by atoms with Gasteiger partial charge in [-0.3, -0.25) is 9.79 Å². The maximum absolute atomic E-state index is 11.8. The van der Waals surface area contributed by atoms with Gasteiger partial charge in [0.1, 0.15) is 5.75 Å². The number of methoxy groups -OCH3 is 3. The molecule has 0 saturated carbocycles. The van der Waals surface area contributed by atoms with E-state index in [9.17, 15) is 4.79 Å². The molecule has 1 amide bonds. The molecule has 2 aromatic carbocycles. The fraction of sp³-hybridized carbons (Fsp3) is 0.320. The van der Waals surface area contributed by atoms with Crippen LogP contribution in [0.5, 0.6) is 23.0 Å². The minimum Gasteiger partial charge on any atom is -0.493 e. The van der Waals surface area contributed by atoms with Crippen molar-refractivity contribution in [2.24, 2.45) is 10.1 Å². The summed E-state index contributed by atoms with van der Waals surface area (Å²) in [6, 6.07) is 9.48. The second-order valence-corrected chi connectivity index (χ2v) is 8.92. The molecule has 9 nitrogen and oxygen atoms in total. The third kappa shape index (κ3) is 5.02. The lowest BCUT2D eigenvalue weighted by Crippen LogP contribution is -2.25. The summed E-state index contributed by atoms with van der Waals surface area (Å²) in [4.78, 5) is 17.3. The normalized spacial score (nSPS) is 13.9. The zero-order valence-electron chi connectivity index (χ0n) is 20.5. The first-order valence-corrected chi connectivity index (χ1v) is 11.9. The Morgan fingerprint density at radius 3 is 2.46 bits per heavy atom. The molecular weight excluding hydrogens is 468 g/mol. The number of nitrogens with one attached hydrogen (secondary N) is 1. The smallest absolute Gasteiger partial charge is 0.262 e. The van der Waals surface area contributed by atoms with Crippen LogP contribution in [0.2, 0.25) is 0 Å². The van der Waals surface area contributed by atoms with Crippen molar-refractivity contribution in [3.63, 3.8) is 0 Å². The van der Waals surface area contributed by atoms with Crippen molar-refractivity contribution in [2.45, 2.75) is 26.8 Å². The van der Waals surface area contributed by atoms with Crippen LogP contribution in [0.4, 0.5) is 5.69 Å². The van der Waals surface area contributed by atoms with Gasteiger partial charge in [-0.1, -0.05) is 0 Å². The number of aromatic nitrogens is 1. The summed E-state index contributed by atoms with van der Waals surface area (Å²) in [6.07, 6.45) is 0. The minimum absolute atomic E-state index is 0.0144. The Morgan fingerprint density at radius 1 is 1.11 bits per heavy atom. The van der Waals surface area contributed by atoms with E-state index >= 15 is 0 Å². The minimum atomic E-state index is -0.181. The molecule has 0 radical (unpaired) electrons. The molecule has 1 N–H and O–H groups in total. The standard InChI is InChI=1S/C25H28N4O5S/c1-14(2)26-25-29(28-15(3)17-10-21(31-4)24(33-6)22(11-17)32-5)19(13-35-25)16-7-8-20-18(9-16)27-23(30)12-34-20/h7-11,13-14H,12H2,1-6H3,(H,27,30). The summed E-state index contributed by atoms with van der Waals surface area (Å²) < 4.78 is 23.8. The highest BCUT2D eigenvalue weighted by Gasteiger charge is 2.19. The molecule has 184 valence electrons. The van der Waals surface area contributed by atoms with Crippen LogP contribution >= 0.6 is 11.3 Å². The predicted octanol–water partition coefficient (Wildman–Crippen LogP) is 4.15. The average Bonchev–Trinajstić information content (AvgIpc) is 3.23. The second kappa shape index (κ2) is 10.2. The number of anilines is 1. The molecule has 1 aliphatic heterocycles. The van der Waals surface area contributed by atoms with E-state index in [4.69, 9.17) is 29.0 Å². The lowest BCUT2D eigenvalue weighted by atomic mass is 10.1. The summed E-state index contributed by atoms with van der Waals surface area (Å²) in [5.41, 5.74) is 3.87. The number of hydrogen-bond acceptors (Lipinski definition) is 8. The quantitative estimate of drug-likeness (QED) is 0.496. The molecule has 1 aromatic heterocycles. The number of rotatable bonds is 7. The maximum atomic E-state index is 11.8. The van der Waals surface area contributed by atoms with Crippen LogP contribution in [-0.2, 0) is 4.79 Å². The van der Waals surface area contributed by atoms with Gasteiger partial charge in [0.05, 0.1) is 38.4 Å². The third-order valence-corrected chi connectivity index (χ3v) is 6.12. The first-order chi connectivity index (χ1) is 16.8. The zero-order valence-corrected chi connectivity index (χ0v) is 21.4. The highest BCUT2D eigenvalue weighted by molar-refractivity contribution is 7.07. The number of fused-ring (bicyclic) bond motifs is 1. The van der Waals surface area contributed by atoms with Gasteiger partial charge in [-0.05, 0) is 51.1 Å². The van der Waals surface area contributed by atoms with Gasteiger partial charge in [-0.25, -0.2) is 4.68 Å². The van der Waals surface area contributed by atoms with Gasteiger partial charge in [-0.15, -0.1) is 11.3 Å². The van der Waals surface area contributed by atoms with Crippen LogP contribution in [0, 0.1) is 0 Å². The van der Waals surface area contributed by atoms with Crippen molar-refractivity contribution in [2.75, 3.05) is 33.3 Å². The van der Waals surface area contributed by atoms with Crippen LogP contribution < -0.4 is 29.1 Å². The van der Waals surface area contributed by atoms with E-state index in [1.165, 1.54) is 11.3 Å². The monoisotopic (exact) mass is 496 g/mol. The molecule has 0 aliphatic carbocycles. The molecule has 35 heavy (non-hydrogen) atoms. The van der Waals surface area contributed by atoms with Gasteiger partial charge in [0.2, 0.25) is 10.6 Å². The number of carbonyl (C=O) groups is 1. The highest BCUT2D eigenvalue weighted by atomic mass is 32.1. The van der Waals surface area contributed by atoms with Crippen LogP contribution in [0.15, 0.2) is 45.8 Å². The van der Waals surface area contributed by atoms with Gasteiger partial charge in [-0.2, -0.15) is 5.10 Å². The highest BCUT2D eigenvalue weighted by Crippen LogP contribution is 2.38. The first kappa shape index (κ1) is 24.3. The summed E-state index contributed by atoms with van der Waals surface area (Å²) in [5.74, 6) is 2.07. The molecule has 3 aromatic rings. The van der Waals surface area contributed by atoms with E-state index in [0.717, 1.165) is 27.3 Å². The van der Waals surface area contributed by atoms with Crippen molar-refractivity contribution in [3.8, 4) is 34.3 Å². The van der Waals surface area contributed by atoms with E-state index < -0.39 is 0 Å². The Morgan fingerprint density at radius 2 is 1.83 bits per heavy atom. The molecule has 0 saturated heterocycles. The fourth-order valence-electron chi connectivity index (χ4n) is 3.64. The number of thiazole rings is 1. The van der Waals surface area contributed by atoms with Gasteiger partial charge >= 0.3 is 0 Å². The third-order valence-electron chi connectivity index (χ3n) is 5.29. The second-order valence-electron chi connectivity index (χ2n) is 8.09. The van der Waals surface area contributed by atoms with E-state index in [1.54, 1.807) is 21.3 Å². The number of amides is 1. The summed E-state index contributed by atoms with van der Waals surface area (Å²) in [5, 5.41) is 9.79. The molecule has 0 fully saturated rings. The molecule has 0 spiro atoms. The first-order valence-electron chi connectivity index (χ1n) is 11.0.